The van der Waals surface area contributed by atoms with Crippen molar-refractivity contribution in [1.29, 1.82) is 0 Å². The third kappa shape index (κ3) is 3.20. The van der Waals surface area contributed by atoms with E-state index in [1.807, 2.05) is 6.92 Å². The van der Waals surface area contributed by atoms with Gasteiger partial charge in [-0.25, -0.2) is 0 Å². The third-order valence-corrected chi connectivity index (χ3v) is 3.19. The lowest BCUT2D eigenvalue weighted by Gasteiger charge is -2.18. The van der Waals surface area contributed by atoms with Crippen molar-refractivity contribution in [1.82, 2.24) is 4.90 Å². The minimum absolute atomic E-state index is 0.802. The van der Waals surface area contributed by atoms with Crippen LogP contribution >= 0.6 is 0 Å². The predicted molar refractivity (Wildman–Crippen MR) is 71.5 cm³/mol. The first-order valence-electron chi connectivity index (χ1n) is 6.42. The fourth-order valence-electron chi connectivity index (χ4n) is 2.28. The van der Waals surface area contributed by atoms with Gasteiger partial charge < -0.3 is 10.1 Å². The van der Waals surface area contributed by atoms with Crippen LogP contribution in [0.5, 0.6) is 0 Å². The molecule has 3 heteroatoms. The number of fused-ring (bicyclic) bond motifs is 1. The van der Waals surface area contributed by atoms with Gasteiger partial charge in [0.25, 0.3) is 0 Å². The molecule has 0 spiro atoms. The molecule has 0 atom stereocenters. The van der Waals surface area contributed by atoms with Gasteiger partial charge in [0.05, 0.1) is 6.61 Å². The van der Waals surface area contributed by atoms with E-state index in [0.717, 1.165) is 39.3 Å². The first-order chi connectivity index (χ1) is 8.31. The number of benzene rings is 1. The minimum Gasteiger partial charge on any atom is -0.384 e. The number of likely N-dealkylation sites (N-methyl/N-ethyl adjacent to an activating group) is 1. The van der Waals surface area contributed by atoms with Crippen LogP contribution in [-0.4, -0.2) is 38.3 Å². The van der Waals surface area contributed by atoms with Crippen LogP contribution in [0, 0.1) is 0 Å². The van der Waals surface area contributed by atoms with E-state index in [9.17, 15) is 0 Å². The van der Waals surface area contributed by atoms with Crippen molar-refractivity contribution in [3.8, 4) is 0 Å². The Kier molecular flexibility index (Phi) is 4.40. The van der Waals surface area contributed by atoms with Gasteiger partial charge in [0, 0.05) is 31.9 Å². The van der Waals surface area contributed by atoms with Crippen LogP contribution in [0.25, 0.3) is 0 Å². The number of nitrogens with one attached hydrogen (secondary N) is 1. The Morgan fingerprint density at radius 2 is 2.29 bits per heavy atom. The summed E-state index contributed by atoms with van der Waals surface area (Å²) < 4.78 is 5.38. The van der Waals surface area contributed by atoms with Gasteiger partial charge in [-0.15, -0.1) is 0 Å². The number of para-hydroxylation sites is 1. The van der Waals surface area contributed by atoms with Gasteiger partial charge >= 0.3 is 0 Å². The minimum atomic E-state index is 0.802. The highest BCUT2D eigenvalue weighted by Gasteiger charge is 2.14. The van der Waals surface area contributed by atoms with E-state index in [1.54, 1.807) is 0 Å². The number of anilines is 1. The van der Waals surface area contributed by atoms with Crippen LogP contribution in [0.1, 0.15) is 18.1 Å². The number of ether oxygens (including phenoxy) is 1. The van der Waals surface area contributed by atoms with Crippen LogP contribution < -0.4 is 5.32 Å². The molecule has 0 radical (unpaired) electrons. The molecule has 3 nitrogen and oxygen atoms in total. The van der Waals surface area contributed by atoms with Gasteiger partial charge in [0.1, 0.15) is 0 Å². The molecule has 0 saturated heterocycles. The average molecular weight is 234 g/mol. The normalized spacial score (nSPS) is 13.8. The second kappa shape index (κ2) is 6.03. The molecule has 0 unspecified atom stereocenters. The smallest absolute Gasteiger partial charge is 0.0593 e. The van der Waals surface area contributed by atoms with E-state index >= 15 is 0 Å². The average Bonchev–Trinajstić information content (AvgIpc) is 2.78. The Morgan fingerprint density at radius 3 is 3.12 bits per heavy atom. The molecule has 1 aromatic rings. The van der Waals surface area contributed by atoms with Gasteiger partial charge in [-0.3, -0.25) is 4.90 Å². The molecule has 1 aromatic carbocycles. The molecule has 94 valence electrons. The molecule has 1 N–H and O–H groups in total. The Labute approximate surface area is 104 Å². The van der Waals surface area contributed by atoms with Crippen LogP contribution in [0.2, 0.25) is 0 Å². The molecule has 17 heavy (non-hydrogen) atoms. The quantitative estimate of drug-likeness (QED) is 0.763. The zero-order valence-electron chi connectivity index (χ0n) is 10.8. The van der Waals surface area contributed by atoms with E-state index in [4.69, 9.17) is 4.74 Å². The molecule has 1 heterocycles. The molecule has 0 aliphatic carbocycles. The Bertz CT molecular complexity index is 365. The molecular weight excluding hydrogens is 212 g/mol. The summed E-state index contributed by atoms with van der Waals surface area (Å²) in [6.07, 6.45) is 1.16. The monoisotopic (exact) mass is 234 g/mol. The highest BCUT2D eigenvalue weighted by atomic mass is 16.5. The fraction of sp³-hybridized carbons (Fsp3) is 0.571. The lowest BCUT2D eigenvalue weighted by atomic mass is 10.1. The largest absolute Gasteiger partial charge is 0.384 e. The summed E-state index contributed by atoms with van der Waals surface area (Å²) in [5, 5.41) is 3.48. The molecule has 0 fully saturated rings. The zero-order valence-corrected chi connectivity index (χ0v) is 10.8. The summed E-state index contributed by atoms with van der Waals surface area (Å²) in [4.78, 5) is 2.31. The van der Waals surface area contributed by atoms with Crippen molar-refractivity contribution >= 4 is 5.69 Å². The van der Waals surface area contributed by atoms with Crippen LogP contribution in [0.4, 0.5) is 5.69 Å². The van der Waals surface area contributed by atoms with Gasteiger partial charge in [0.15, 0.2) is 0 Å². The van der Waals surface area contributed by atoms with Crippen LogP contribution in [0.15, 0.2) is 18.2 Å². The van der Waals surface area contributed by atoms with E-state index in [1.165, 1.54) is 16.8 Å². The topological polar surface area (TPSA) is 24.5 Å². The number of rotatable bonds is 6. The lowest BCUT2D eigenvalue weighted by molar-refractivity contribution is 0.120. The number of hydrogen-bond acceptors (Lipinski definition) is 3. The predicted octanol–water partition coefficient (Wildman–Crippen LogP) is 2.12. The summed E-state index contributed by atoms with van der Waals surface area (Å²) in [7, 11) is 2.15. The van der Waals surface area contributed by atoms with Crippen molar-refractivity contribution in [3.63, 3.8) is 0 Å². The Balaban J connectivity index is 1.92. The van der Waals surface area contributed by atoms with Gasteiger partial charge in [-0.1, -0.05) is 18.2 Å². The summed E-state index contributed by atoms with van der Waals surface area (Å²) in [6, 6.07) is 6.60. The molecular formula is C14H22N2O. The SMILES string of the molecule is CCOCCN(C)Cc1cccc2c1NCC2. The first kappa shape index (κ1) is 12.4. The van der Waals surface area contributed by atoms with Gasteiger partial charge in [-0.05, 0) is 31.5 Å². The number of hydrogen-bond donors (Lipinski definition) is 1. The molecule has 0 saturated carbocycles. The van der Waals surface area contributed by atoms with E-state index in [2.05, 4.69) is 35.5 Å². The molecule has 1 aliphatic heterocycles. The van der Waals surface area contributed by atoms with Crippen molar-refractivity contribution < 1.29 is 4.74 Å². The third-order valence-electron chi connectivity index (χ3n) is 3.19. The van der Waals surface area contributed by atoms with Crippen molar-refractivity contribution in [2.45, 2.75) is 19.9 Å². The molecule has 1 aliphatic rings. The second-order valence-corrected chi connectivity index (χ2v) is 4.56. The van der Waals surface area contributed by atoms with Crippen LogP contribution in [-0.2, 0) is 17.7 Å². The maximum atomic E-state index is 5.38. The molecule has 0 aromatic heterocycles. The summed E-state index contributed by atoms with van der Waals surface area (Å²) >= 11 is 0. The highest BCUT2D eigenvalue weighted by Crippen LogP contribution is 2.26. The Morgan fingerprint density at radius 1 is 1.41 bits per heavy atom. The van der Waals surface area contributed by atoms with Crippen molar-refractivity contribution in [2.24, 2.45) is 0 Å². The molecule has 2 rings (SSSR count). The summed E-state index contributed by atoms with van der Waals surface area (Å²) in [6.45, 7) is 6.70. The van der Waals surface area contributed by atoms with Gasteiger partial charge in [0.2, 0.25) is 0 Å². The maximum absolute atomic E-state index is 5.38. The van der Waals surface area contributed by atoms with Crippen molar-refractivity contribution in [3.05, 3.63) is 29.3 Å². The van der Waals surface area contributed by atoms with E-state index in [-0.39, 0.29) is 0 Å². The Hall–Kier alpha value is -1.06. The summed E-state index contributed by atoms with van der Waals surface area (Å²) in [5.41, 5.74) is 4.22. The highest BCUT2D eigenvalue weighted by molar-refractivity contribution is 5.61. The number of nitrogens with zero attached hydrogens (tertiary/aromatic N) is 1. The second-order valence-electron chi connectivity index (χ2n) is 4.56. The summed E-state index contributed by atoms with van der Waals surface area (Å²) in [5.74, 6) is 0. The van der Waals surface area contributed by atoms with Crippen LogP contribution in [0.3, 0.4) is 0 Å². The lowest BCUT2D eigenvalue weighted by Crippen LogP contribution is -2.23. The first-order valence-corrected chi connectivity index (χ1v) is 6.42. The van der Waals surface area contributed by atoms with E-state index < -0.39 is 0 Å². The molecule has 0 amide bonds. The maximum Gasteiger partial charge on any atom is 0.0593 e. The fourth-order valence-corrected chi connectivity index (χ4v) is 2.28. The standard InChI is InChI=1S/C14H22N2O/c1-3-17-10-9-16(2)11-13-6-4-5-12-7-8-15-14(12)13/h4-6,15H,3,7-11H2,1-2H3. The molecule has 0 bridgehead atoms. The van der Waals surface area contributed by atoms with E-state index in [0.29, 0.717) is 0 Å². The zero-order chi connectivity index (χ0) is 12.1. The van der Waals surface area contributed by atoms with Crippen molar-refractivity contribution in [2.75, 3.05) is 38.7 Å². The van der Waals surface area contributed by atoms with Gasteiger partial charge in [-0.2, -0.15) is 0 Å².